The summed E-state index contributed by atoms with van der Waals surface area (Å²) in [6.45, 7) is 141. The van der Waals surface area contributed by atoms with Gasteiger partial charge in [-0.25, -0.2) is 0 Å². The zero-order chi connectivity index (χ0) is 108. The summed E-state index contributed by atoms with van der Waals surface area (Å²) in [6, 6.07) is 0. The SMILES string of the molecule is CC(C)C1OC2OC(C(C)C)C(C(C)C)OC2OC1C(C)C.CC(C)CC(CSSCC(CC(C)C)C(C)C)C(C)C.CC(C)CC1OC(CC(C)C)C(C(C)C)C1C(C)C.CC(C)CCN1CCN(CCC(C)C)CCN(CCC(C)C)CCN(CCC(C)C)CC1.CC(C)CN1CCN(CC(C)C)CCN(CC(C)C)CCN(CC(C)C)CC1.COC1OC(CC(C)C)C(C(C)C)C(C(C)C)C1C(C)C. The molecule has 852 valence electrons. The molecule has 6 fully saturated rings. The Morgan fingerprint density at radius 2 is 0.423 bits per heavy atom. The summed E-state index contributed by atoms with van der Waals surface area (Å²) in [5.74, 6) is 24.2. The number of ether oxygens (including phenoxy) is 7. The minimum absolute atomic E-state index is 0.0452. The van der Waals surface area contributed by atoms with Gasteiger partial charge in [-0.1, -0.05) is 354 Å². The van der Waals surface area contributed by atoms with Crippen LogP contribution >= 0.6 is 21.6 Å². The number of rotatable bonds is 47. The lowest BCUT2D eigenvalue weighted by Crippen LogP contribution is -2.62. The predicted molar refractivity (Wildman–Crippen MR) is 630 cm³/mol. The fourth-order valence-corrected chi connectivity index (χ4v) is 26.2. The van der Waals surface area contributed by atoms with Crippen LogP contribution in [0, 0.1) is 183 Å². The van der Waals surface area contributed by atoms with Crippen molar-refractivity contribution < 1.29 is 33.2 Å². The summed E-state index contributed by atoms with van der Waals surface area (Å²) in [5.41, 5.74) is 0. The maximum absolute atomic E-state index is 6.53. The van der Waals surface area contributed by atoms with Crippen LogP contribution in [0.3, 0.4) is 0 Å². The monoisotopic (exact) mass is 2050 g/mol. The average molecular weight is 2050 g/mol. The van der Waals surface area contributed by atoms with E-state index in [-0.39, 0.29) is 30.7 Å². The first-order chi connectivity index (χ1) is 66.2. The second-order valence-electron chi connectivity index (χ2n) is 55.3. The van der Waals surface area contributed by atoms with E-state index in [9.17, 15) is 0 Å². The lowest BCUT2D eigenvalue weighted by atomic mass is 9.62. The minimum atomic E-state index is -0.412. The summed E-state index contributed by atoms with van der Waals surface area (Å²) in [4.78, 5) is 22.0. The molecule has 6 aliphatic heterocycles. The lowest BCUT2D eigenvalue weighted by molar-refractivity contribution is -0.428. The van der Waals surface area contributed by atoms with E-state index in [4.69, 9.17) is 33.2 Å². The van der Waals surface area contributed by atoms with E-state index in [1.165, 1.54) is 220 Å². The molecule has 0 aromatic carbocycles. The van der Waals surface area contributed by atoms with Gasteiger partial charge < -0.3 is 72.4 Å². The number of fused-ring (bicyclic) bond motifs is 1. The van der Waals surface area contributed by atoms with Crippen LogP contribution in [0.4, 0.5) is 0 Å². The first-order valence-electron chi connectivity index (χ1n) is 60.7. The molecule has 15 unspecified atom stereocenters. The van der Waals surface area contributed by atoms with E-state index in [0.29, 0.717) is 83.4 Å². The van der Waals surface area contributed by atoms with Gasteiger partial charge in [0.25, 0.3) is 0 Å². The third kappa shape index (κ3) is 59.7. The molecule has 0 radical (unpaired) electrons. The van der Waals surface area contributed by atoms with Crippen LogP contribution in [-0.2, 0) is 33.2 Å². The molecular formula is C125H258N8O7S2. The number of hydrogen-bond donors (Lipinski definition) is 0. The molecule has 0 aromatic heterocycles. The van der Waals surface area contributed by atoms with Crippen LogP contribution < -0.4 is 0 Å². The molecule has 0 spiro atoms. The molecule has 6 heterocycles. The van der Waals surface area contributed by atoms with Crippen LogP contribution in [-0.4, -0.2) is 276 Å². The van der Waals surface area contributed by atoms with Crippen molar-refractivity contribution in [1.29, 1.82) is 0 Å². The van der Waals surface area contributed by atoms with Gasteiger partial charge in [-0.05, 0) is 262 Å². The van der Waals surface area contributed by atoms with E-state index in [1.54, 1.807) is 7.11 Å². The molecular weight excluding hydrogens is 1790 g/mol. The highest BCUT2D eigenvalue weighted by molar-refractivity contribution is 8.76. The summed E-state index contributed by atoms with van der Waals surface area (Å²) >= 11 is 0. The molecule has 0 aliphatic carbocycles. The largest absolute Gasteiger partial charge is 0.374 e. The Hall–Kier alpha value is 0.100. The number of hydrogen-bond acceptors (Lipinski definition) is 17. The van der Waals surface area contributed by atoms with E-state index in [0.717, 1.165) is 125 Å². The van der Waals surface area contributed by atoms with Crippen LogP contribution in [0.1, 0.15) is 390 Å². The van der Waals surface area contributed by atoms with Crippen molar-refractivity contribution in [2.24, 2.45) is 183 Å². The van der Waals surface area contributed by atoms with Crippen molar-refractivity contribution in [3.63, 3.8) is 0 Å². The molecule has 142 heavy (non-hydrogen) atoms. The zero-order valence-corrected chi connectivity index (χ0v) is 106. The van der Waals surface area contributed by atoms with Crippen molar-refractivity contribution in [3.8, 4) is 0 Å². The van der Waals surface area contributed by atoms with Gasteiger partial charge in [0.15, 0.2) is 6.29 Å². The van der Waals surface area contributed by atoms with Crippen molar-refractivity contribution in [1.82, 2.24) is 39.2 Å². The Morgan fingerprint density at radius 3 is 0.592 bits per heavy atom. The molecule has 17 heteroatoms. The predicted octanol–water partition coefficient (Wildman–Crippen LogP) is 30.7. The van der Waals surface area contributed by atoms with Crippen LogP contribution in [0.2, 0.25) is 0 Å². The summed E-state index contributed by atoms with van der Waals surface area (Å²) in [6.07, 6.45) is 12.2. The highest BCUT2D eigenvalue weighted by Crippen LogP contribution is 2.50. The Kier molecular flexibility index (Phi) is 74.8. The molecule has 6 saturated heterocycles. The molecule has 0 aromatic rings. The number of methoxy groups -OCH3 is 1. The van der Waals surface area contributed by atoms with E-state index >= 15 is 0 Å². The number of nitrogens with zero attached hydrogens (tertiary/aromatic N) is 8. The summed E-state index contributed by atoms with van der Waals surface area (Å²) in [5, 5.41) is 0. The topological polar surface area (TPSA) is 90.5 Å². The average Bonchev–Trinajstić information content (AvgIpc) is 0.915. The van der Waals surface area contributed by atoms with Crippen molar-refractivity contribution in [2.45, 2.75) is 452 Å². The highest BCUT2D eigenvalue weighted by atomic mass is 33.1. The smallest absolute Gasteiger partial charge is 0.210 e. The molecule has 15 nitrogen and oxygen atoms in total. The van der Waals surface area contributed by atoms with Gasteiger partial charge in [-0.3, -0.25) is 0 Å². The van der Waals surface area contributed by atoms with Gasteiger partial charge >= 0.3 is 0 Å². The van der Waals surface area contributed by atoms with Crippen LogP contribution in [0.15, 0.2) is 0 Å². The van der Waals surface area contributed by atoms with Gasteiger partial charge in [0.2, 0.25) is 12.6 Å². The third-order valence-electron chi connectivity index (χ3n) is 31.0. The van der Waals surface area contributed by atoms with Gasteiger partial charge in [0.1, 0.15) is 0 Å². The van der Waals surface area contributed by atoms with E-state index < -0.39 is 12.6 Å². The standard InChI is InChI=1S/C28H60N4.C24H52N4.C19H38O2.C18H34O4.C18H36O.C18H38S2/c1-25(2)9-13-29-17-19-30(14-10-26(3)4)21-23-32(16-12-28(7)8)24-22-31(20-18-29)15-11-27(5)6;1-21(2)17-25-9-11-26(18-22(3)4)13-15-28(20-24(7)8)16-14-27(12-10-25)19-23(5)6;1-11(2)10-15-16(12(3)4)17(13(5)6)18(14(7)8)19(20-9)21-15;1-9(2)13-14(10(3)4)20-18-17(19-13)21-15(11(5)6)16(22-18)12(7)8;1-11(2)9-15-17(13(5)6)18(14(7)8)16(19-15)10-12(3)4;1-13(2)9-17(15(5)6)11-19-20-12-18(16(7)8)10-14(3)4/h25-28H,9-24H2,1-8H3;21-24H,9-20H2,1-8H3;11-19H,10H2,1-9H3;9-18H,1-8H3;11-18H,9-10H2,1-8H3;13-18H,9-12H2,1-8H3. The van der Waals surface area contributed by atoms with Gasteiger partial charge in [-0.2, -0.15) is 0 Å². The van der Waals surface area contributed by atoms with Gasteiger partial charge in [0, 0.05) is 155 Å². The molecule has 6 aliphatic rings. The molecule has 0 bridgehead atoms. The zero-order valence-electron chi connectivity index (χ0n) is 105. The Balaban J connectivity index is 0.000000860. The molecule has 6 rings (SSSR count). The lowest BCUT2D eigenvalue weighted by Gasteiger charge is -2.52. The summed E-state index contributed by atoms with van der Waals surface area (Å²) in [7, 11) is 6.05. The molecule has 0 amide bonds. The van der Waals surface area contributed by atoms with Crippen molar-refractivity contribution in [2.75, 3.05) is 176 Å². The Bertz CT molecular complexity index is 2650. The molecule has 0 N–H and O–H groups in total. The second-order valence-corrected chi connectivity index (χ2v) is 57.9. The first-order valence-corrected chi connectivity index (χ1v) is 63.2. The molecule has 15 atom stereocenters. The third-order valence-corrected chi connectivity index (χ3v) is 33.6. The maximum atomic E-state index is 6.53. The van der Waals surface area contributed by atoms with Crippen LogP contribution in [0.25, 0.3) is 0 Å². The van der Waals surface area contributed by atoms with Gasteiger partial charge in [0.05, 0.1) is 42.7 Å². The Morgan fingerprint density at radius 1 is 0.218 bits per heavy atom. The van der Waals surface area contributed by atoms with Crippen LogP contribution in [0.5, 0.6) is 0 Å². The minimum Gasteiger partial charge on any atom is -0.374 e. The normalized spacial score (nSPS) is 26.4. The van der Waals surface area contributed by atoms with Crippen molar-refractivity contribution >= 4 is 21.6 Å². The second kappa shape index (κ2) is 75.8. The van der Waals surface area contributed by atoms with E-state index in [1.807, 2.05) is 0 Å². The molecule has 0 saturated carbocycles. The fraction of sp³-hybridized carbons (Fsp3) is 1.00. The quantitative estimate of drug-likeness (QED) is 0.0427. The first kappa shape index (κ1) is 140. The fourth-order valence-electron chi connectivity index (χ4n) is 23.0. The van der Waals surface area contributed by atoms with Crippen molar-refractivity contribution in [3.05, 3.63) is 0 Å². The highest BCUT2D eigenvalue weighted by Gasteiger charge is 2.52. The Labute approximate surface area is 899 Å². The maximum Gasteiger partial charge on any atom is 0.210 e. The van der Waals surface area contributed by atoms with E-state index in [2.05, 4.69) is 393 Å². The summed E-state index contributed by atoms with van der Waals surface area (Å²) < 4.78 is 43.8. The van der Waals surface area contributed by atoms with Gasteiger partial charge in [-0.15, -0.1) is 0 Å².